The molecular formula is C11H10F2N2OS. The Morgan fingerprint density at radius 1 is 1.24 bits per heavy atom. The van der Waals surface area contributed by atoms with Crippen LogP contribution >= 0.6 is 11.3 Å². The van der Waals surface area contributed by atoms with Gasteiger partial charge < -0.3 is 10.4 Å². The lowest BCUT2D eigenvalue weighted by Gasteiger charge is -2.05. The molecule has 0 aliphatic carbocycles. The third-order valence-corrected chi connectivity index (χ3v) is 2.95. The maximum absolute atomic E-state index is 13.0. The van der Waals surface area contributed by atoms with E-state index in [2.05, 4.69) is 10.3 Å². The van der Waals surface area contributed by atoms with Crippen molar-refractivity contribution < 1.29 is 13.9 Å². The molecular weight excluding hydrogens is 246 g/mol. The highest BCUT2D eigenvalue weighted by Crippen LogP contribution is 2.21. The second-order valence-corrected chi connectivity index (χ2v) is 4.42. The summed E-state index contributed by atoms with van der Waals surface area (Å²) in [7, 11) is 0. The minimum atomic E-state index is -0.948. The molecule has 6 heteroatoms. The molecule has 1 heterocycles. The van der Waals surface area contributed by atoms with Crippen LogP contribution in [0.5, 0.6) is 5.75 Å². The van der Waals surface area contributed by atoms with E-state index in [-0.39, 0.29) is 0 Å². The summed E-state index contributed by atoms with van der Waals surface area (Å²) in [5.41, 5.74) is 0.439. The number of benzene rings is 1. The van der Waals surface area contributed by atoms with Crippen LogP contribution in [0.1, 0.15) is 10.6 Å². The van der Waals surface area contributed by atoms with Gasteiger partial charge in [-0.25, -0.2) is 13.8 Å². The van der Waals surface area contributed by atoms with Gasteiger partial charge in [-0.1, -0.05) is 0 Å². The predicted octanol–water partition coefficient (Wildman–Crippen LogP) is 2.42. The lowest BCUT2D eigenvalue weighted by molar-refractivity contribution is 0.395. The van der Waals surface area contributed by atoms with Gasteiger partial charge in [-0.15, -0.1) is 11.3 Å². The maximum Gasteiger partial charge on any atom is 0.187 e. The largest absolute Gasteiger partial charge is 0.503 e. The first-order chi connectivity index (χ1) is 8.16. The van der Waals surface area contributed by atoms with E-state index >= 15 is 0 Å². The number of aromatic nitrogens is 1. The Balaban J connectivity index is 1.95. The fraction of sp³-hybridized carbons (Fsp3) is 0.182. The highest BCUT2D eigenvalue weighted by Gasteiger charge is 2.09. The third-order valence-electron chi connectivity index (χ3n) is 2.17. The summed E-state index contributed by atoms with van der Waals surface area (Å²) in [4.78, 5) is 4.06. The van der Waals surface area contributed by atoms with Crippen LogP contribution in [0, 0.1) is 11.6 Å². The zero-order chi connectivity index (χ0) is 12.3. The molecule has 0 amide bonds. The van der Waals surface area contributed by atoms with E-state index in [9.17, 15) is 8.78 Å². The van der Waals surface area contributed by atoms with Crippen molar-refractivity contribution in [3.05, 3.63) is 45.9 Å². The normalized spacial score (nSPS) is 10.7. The van der Waals surface area contributed by atoms with Crippen molar-refractivity contribution in [3.63, 3.8) is 0 Å². The van der Waals surface area contributed by atoms with Crippen LogP contribution in [-0.4, -0.2) is 10.1 Å². The molecule has 0 radical (unpaired) electrons. The third kappa shape index (κ3) is 2.98. The smallest absolute Gasteiger partial charge is 0.187 e. The number of phenolic OH excluding ortho intramolecular Hbond substituents is 1. The van der Waals surface area contributed by atoms with Crippen molar-refractivity contribution in [2.45, 2.75) is 13.1 Å². The van der Waals surface area contributed by atoms with Crippen molar-refractivity contribution in [1.82, 2.24) is 10.3 Å². The van der Waals surface area contributed by atoms with Gasteiger partial charge in [0.25, 0.3) is 0 Å². The van der Waals surface area contributed by atoms with Crippen LogP contribution in [-0.2, 0) is 13.1 Å². The molecule has 0 fully saturated rings. The van der Waals surface area contributed by atoms with Crippen LogP contribution in [0.2, 0.25) is 0 Å². The van der Waals surface area contributed by atoms with Gasteiger partial charge in [-0.3, -0.25) is 0 Å². The monoisotopic (exact) mass is 256 g/mol. The van der Waals surface area contributed by atoms with Crippen LogP contribution in [0.4, 0.5) is 8.78 Å². The summed E-state index contributed by atoms with van der Waals surface area (Å²) in [5, 5.41) is 14.7. The molecule has 0 aliphatic heterocycles. The standard InChI is InChI=1S/C11H10F2N2OS/c12-8-3-7(4-9(13)11(8)16)5-14-6-10-15-1-2-17-10/h1-4,14,16H,5-6H2. The zero-order valence-electron chi connectivity index (χ0n) is 8.78. The van der Waals surface area contributed by atoms with E-state index in [1.807, 2.05) is 5.38 Å². The number of hydrogen-bond donors (Lipinski definition) is 2. The molecule has 3 nitrogen and oxygen atoms in total. The van der Waals surface area contributed by atoms with Gasteiger partial charge in [0.05, 0.1) is 0 Å². The summed E-state index contributed by atoms with van der Waals surface area (Å²) in [6.45, 7) is 0.857. The minimum absolute atomic E-state index is 0.313. The summed E-state index contributed by atoms with van der Waals surface area (Å²) >= 11 is 1.51. The maximum atomic E-state index is 13.0. The highest BCUT2D eigenvalue weighted by atomic mass is 32.1. The number of rotatable bonds is 4. The van der Waals surface area contributed by atoms with Gasteiger partial charge in [-0.2, -0.15) is 0 Å². The Hall–Kier alpha value is -1.53. The molecule has 1 aromatic carbocycles. The fourth-order valence-electron chi connectivity index (χ4n) is 1.37. The van der Waals surface area contributed by atoms with Gasteiger partial charge in [0.2, 0.25) is 0 Å². The lowest BCUT2D eigenvalue weighted by Crippen LogP contribution is -2.12. The number of thiazole rings is 1. The van der Waals surface area contributed by atoms with Crippen molar-refractivity contribution in [2.24, 2.45) is 0 Å². The van der Waals surface area contributed by atoms with Crippen molar-refractivity contribution in [3.8, 4) is 5.75 Å². The highest BCUT2D eigenvalue weighted by molar-refractivity contribution is 7.09. The molecule has 90 valence electrons. The Morgan fingerprint density at radius 3 is 2.53 bits per heavy atom. The summed E-state index contributed by atoms with van der Waals surface area (Å²) in [5.74, 6) is -2.83. The van der Waals surface area contributed by atoms with Crippen LogP contribution in [0.3, 0.4) is 0 Å². The summed E-state index contributed by atoms with van der Waals surface area (Å²) in [6, 6.07) is 2.21. The van der Waals surface area contributed by atoms with E-state index in [1.165, 1.54) is 11.3 Å². The van der Waals surface area contributed by atoms with Crippen molar-refractivity contribution >= 4 is 11.3 Å². The first-order valence-corrected chi connectivity index (χ1v) is 5.81. The number of nitrogens with one attached hydrogen (secondary N) is 1. The Bertz CT molecular complexity index is 479. The lowest BCUT2D eigenvalue weighted by atomic mass is 10.2. The molecule has 0 saturated carbocycles. The number of phenols is 1. The van der Waals surface area contributed by atoms with E-state index in [0.29, 0.717) is 18.7 Å². The van der Waals surface area contributed by atoms with Gasteiger partial charge in [0, 0.05) is 24.7 Å². The molecule has 0 atom stereocenters. The summed E-state index contributed by atoms with van der Waals surface area (Å²) in [6.07, 6.45) is 1.70. The van der Waals surface area contributed by atoms with Crippen molar-refractivity contribution in [2.75, 3.05) is 0 Å². The molecule has 2 rings (SSSR count). The van der Waals surface area contributed by atoms with E-state index in [4.69, 9.17) is 5.11 Å². The number of hydrogen-bond acceptors (Lipinski definition) is 4. The first kappa shape index (κ1) is 11.9. The SMILES string of the molecule is Oc1c(F)cc(CNCc2nccs2)cc1F. The molecule has 0 saturated heterocycles. The zero-order valence-corrected chi connectivity index (χ0v) is 9.60. The van der Waals surface area contributed by atoms with Gasteiger partial charge >= 0.3 is 0 Å². The molecule has 2 N–H and O–H groups in total. The second kappa shape index (κ2) is 5.20. The average molecular weight is 256 g/mol. The molecule has 17 heavy (non-hydrogen) atoms. The molecule has 0 unspecified atom stereocenters. The fourth-order valence-corrected chi connectivity index (χ4v) is 1.96. The quantitative estimate of drug-likeness (QED) is 0.883. The summed E-state index contributed by atoms with van der Waals surface area (Å²) < 4.78 is 26.0. The Labute approximate surface area is 101 Å². The van der Waals surface area contributed by atoms with Gasteiger partial charge in [-0.05, 0) is 17.7 Å². The number of aromatic hydroxyl groups is 1. The molecule has 2 aromatic rings. The Kier molecular flexibility index (Phi) is 3.65. The van der Waals surface area contributed by atoms with Crippen LogP contribution < -0.4 is 5.32 Å². The van der Waals surface area contributed by atoms with E-state index in [1.54, 1.807) is 6.20 Å². The van der Waals surface area contributed by atoms with Crippen molar-refractivity contribution in [1.29, 1.82) is 0 Å². The topological polar surface area (TPSA) is 45.1 Å². The number of nitrogens with zero attached hydrogens (tertiary/aromatic N) is 1. The molecule has 0 bridgehead atoms. The second-order valence-electron chi connectivity index (χ2n) is 3.44. The predicted molar refractivity (Wildman–Crippen MR) is 60.7 cm³/mol. The molecule has 1 aromatic heterocycles. The number of halogens is 2. The van der Waals surface area contributed by atoms with E-state index < -0.39 is 17.4 Å². The first-order valence-electron chi connectivity index (χ1n) is 4.93. The molecule has 0 aliphatic rings. The van der Waals surface area contributed by atoms with Crippen LogP contribution in [0.25, 0.3) is 0 Å². The van der Waals surface area contributed by atoms with Crippen LogP contribution in [0.15, 0.2) is 23.7 Å². The van der Waals surface area contributed by atoms with Gasteiger partial charge in [0.15, 0.2) is 17.4 Å². The Morgan fingerprint density at radius 2 is 1.94 bits per heavy atom. The van der Waals surface area contributed by atoms with Gasteiger partial charge in [0.1, 0.15) is 5.01 Å². The average Bonchev–Trinajstić information content (AvgIpc) is 2.79. The molecule has 0 spiro atoms. The minimum Gasteiger partial charge on any atom is -0.503 e. The van der Waals surface area contributed by atoms with E-state index in [0.717, 1.165) is 17.1 Å².